The molecule has 0 aromatic carbocycles. The number of amides is 6. The van der Waals surface area contributed by atoms with Crippen molar-refractivity contribution in [1.29, 1.82) is 0 Å². The summed E-state index contributed by atoms with van der Waals surface area (Å²) in [5, 5.41) is 12.1. The van der Waals surface area contributed by atoms with Crippen molar-refractivity contribution in [2.24, 2.45) is 0 Å². The summed E-state index contributed by atoms with van der Waals surface area (Å²) in [6.07, 6.45) is 18.1. The molecule has 6 amide bonds. The number of hydrogen-bond donors (Lipinski definition) is 1. The van der Waals surface area contributed by atoms with Gasteiger partial charge in [-0.1, -0.05) is 30.4 Å². The largest absolute Gasteiger partial charge is 0.444 e. The van der Waals surface area contributed by atoms with E-state index in [1.54, 1.807) is 59.7 Å². The molecule has 59 heavy (non-hydrogen) atoms. The summed E-state index contributed by atoms with van der Waals surface area (Å²) in [6, 6.07) is -1.39. The zero-order chi connectivity index (χ0) is 41.6. The van der Waals surface area contributed by atoms with Crippen molar-refractivity contribution < 1.29 is 51.9 Å². The predicted octanol–water partition coefficient (Wildman–Crippen LogP) is 2.79. The highest BCUT2D eigenvalue weighted by Gasteiger charge is 2.49. The molecular weight excluding hydrogens is 770 g/mol. The number of likely N-dealkylation sites (N-methyl/N-ethyl adjacent to an activating group) is 1. The van der Waals surface area contributed by atoms with Gasteiger partial charge in [-0.2, -0.15) is 10.1 Å². The molecule has 1 N–H and O–H groups in total. The van der Waals surface area contributed by atoms with E-state index >= 15 is 0 Å². The molecule has 6 aliphatic rings. The molecule has 0 spiro atoms. The SMILES string of the molecule is C=CCON1C(=O)N2CC1C(c1cnco1)=C[C@H]2CO.C=CCON1C(=O)N2CC1C(c1cnco1)=C[C@H]2COC.COC[C@@H]1C=C(c2cnco2)C2CN1C(=O)N2C. The van der Waals surface area contributed by atoms with Crippen LogP contribution in [0.25, 0.3) is 16.7 Å². The Labute approximate surface area is 339 Å². The number of oxazole rings is 3. The van der Waals surface area contributed by atoms with E-state index in [-0.39, 0.29) is 74.2 Å². The first kappa shape index (κ1) is 41.1. The molecule has 3 unspecified atom stereocenters. The van der Waals surface area contributed by atoms with Crippen molar-refractivity contribution in [2.75, 3.05) is 73.9 Å². The second-order valence-electron chi connectivity index (χ2n) is 14.0. The van der Waals surface area contributed by atoms with Gasteiger partial charge in [0, 0.05) is 44.5 Å². The topological polar surface area (TPSA) is 206 Å². The van der Waals surface area contributed by atoms with Crippen LogP contribution >= 0.6 is 0 Å². The third-order valence-corrected chi connectivity index (χ3v) is 10.6. The number of nitrogens with zero attached hydrogens (tertiary/aromatic N) is 9. The van der Waals surface area contributed by atoms with E-state index in [1.165, 1.54) is 29.3 Å². The van der Waals surface area contributed by atoms with Crippen LogP contribution in [0, 0.1) is 0 Å². The first-order valence-corrected chi connectivity index (χ1v) is 18.9. The van der Waals surface area contributed by atoms with Crippen molar-refractivity contribution in [1.82, 2.24) is 44.7 Å². The average Bonchev–Trinajstić information content (AvgIpc) is 4.13. The maximum atomic E-state index is 12.5. The number of aliphatic hydroxyl groups is 1. The Morgan fingerprint density at radius 3 is 1.44 bits per heavy atom. The molecule has 20 heteroatoms. The minimum absolute atomic E-state index is 0.0350. The molecule has 3 saturated heterocycles. The zero-order valence-corrected chi connectivity index (χ0v) is 32.9. The monoisotopic (exact) mass is 817 g/mol. The van der Waals surface area contributed by atoms with Crippen LogP contribution < -0.4 is 0 Å². The smallest absolute Gasteiger partial charge is 0.345 e. The molecular formula is C39H47N9O11. The number of aliphatic hydroxyl groups excluding tert-OH is 1. The lowest BCUT2D eigenvalue weighted by Gasteiger charge is -2.28. The number of carbonyl (C=O) groups excluding carboxylic acids is 3. The quantitative estimate of drug-likeness (QED) is 0.233. The van der Waals surface area contributed by atoms with Gasteiger partial charge < -0.3 is 47.4 Å². The number of aromatic nitrogens is 3. The molecule has 9 rings (SSSR count). The van der Waals surface area contributed by atoms with Crippen LogP contribution in [0.2, 0.25) is 0 Å². The van der Waals surface area contributed by atoms with Crippen molar-refractivity contribution in [3.8, 4) is 0 Å². The van der Waals surface area contributed by atoms with E-state index in [0.717, 1.165) is 22.5 Å². The molecule has 6 bridgehead atoms. The summed E-state index contributed by atoms with van der Waals surface area (Å²) in [6.45, 7) is 10.1. The van der Waals surface area contributed by atoms with Crippen LogP contribution in [0.5, 0.6) is 0 Å². The summed E-state index contributed by atoms with van der Waals surface area (Å²) < 4.78 is 26.4. The Kier molecular flexibility index (Phi) is 12.7. The fourth-order valence-corrected chi connectivity index (χ4v) is 7.87. The molecule has 0 radical (unpaired) electrons. The second-order valence-corrected chi connectivity index (χ2v) is 14.0. The number of rotatable bonds is 14. The fraction of sp³-hybridized carbons (Fsp3) is 0.436. The van der Waals surface area contributed by atoms with Gasteiger partial charge in [0.15, 0.2) is 36.5 Å². The van der Waals surface area contributed by atoms with E-state index in [9.17, 15) is 19.5 Å². The zero-order valence-electron chi connectivity index (χ0n) is 32.9. The van der Waals surface area contributed by atoms with Gasteiger partial charge in [0.25, 0.3) is 0 Å². The maximum absolute atomic E-state index is 12.5. The Morgan fingerprint density at radius 2 is 1.05 bits per heavy atom. The molecule has 0 aliphatic carbocycles. The van der Waals surface area contributed by atoms with Crippen LogP contribution in [0.1, 0.15) is 17.3 Å². The summed E-state index contributed by atoms with van der Waals surface area (Å²) in [5.74, 6) is 1.94. The Bertz CT molecular complexity index is 2030. The maximum Gasteiger partial charge on any atom is 0.345 e. The highest BCUT2D eigenvalue weighted by atomic mass is 16.7. The number of carbonyl (C=O) groups is 3. The average molecular weight is 818 g/mol. The summed E-state index contributed by atoms with van der Waals surface area (Å²) in [7, 11) is 5.06. The normalized spacial score (nSPS) is 25.4. The van der Waals surface area contributed by atoms with Gasteiger partial charge in [-0.15, -0.1) is 13.2 Å². The van der Waals surface area contributed by atoms with Crippen molar-refractivity contribution in [3.63, 3.8) is 0 Å². The van der Waals surface area contributed by atoms with Gasteiger partial charge in [0.05, 0.1) is 88.9 Å². The van der Waals surface area contributed by atoms with Crippen molar-refractivity contribution in [3.05, 3.63) is 98.6 Å². The Hall–Kier alpha value is -6.06. The molecule has 20 nitrogen and oxygen atoms in total. The van der Waals surface area contributed by atoms with Gasteiger partial charge in [0.1, 0.15) is 12.1 Å². The molecule has 3 aromatic heterocycles. The van der Waals surface area contributed by atoms with E-state index in [4.69, 9.17) is 32.4 Å². The lowest BCUT2D eigenvalue weighted by atomic mass is 9.98. The van der Waals surface area contributed by atoms with E-state index < -0.39 is 0 Å². The lowest BCUT2D eigenvalue weighted by Crippen LogP contribution is -2.41. The molecule has 3 fully saturated rings. The third-order valence-electron chi connectivity index (χ3n) is 10.6. The van der Waals surface area contributed by atoms with E-state index in [0.29, 0.717) is 44.4 Å². The summed E-state index contributed by atoms with van der Waals surface area (Å²) in [4.78, 5) is 66.4. The van der Waals surface area contributed by atoms with Crippen LogP contribution in [0.3, 0.4) is 0 Å². The molecule has 6 atom stereocenters. The number of methoxy groups -OCH3 is 2. The molecule has 0 saturated carbocycles. The number of urea groups is 3. The highest BCUT2D eigenvalue weighted by molar-refractivity contribution is 5.86. The van der Waals surface area contributed by atoms with E-state index in [1.807, 2.05) is 30.2 Å². The van der Waals surface area contributed by atoms with Crippen molar-refractivity contribution in [2.45, 2.75) is 36.3 Å². The summed E-state index contributed by atoms with van der Waals surface area (Å²) >= 11 is 0. The van der Waals surface area contributed by atoms with Crippen LogP contribution in [0.4, 0.5) is 14.4 Å². The number of ether oxygens (including phenoxy) is 2. The van der Waals surface area contributed by atoms with Gasteiger partial charge in [0.2, 0.25) is 0 Å². The van der Waals surface area contributed by atoms with Crippen LogP contribution in [0.15, 0.2) is 94.6 Å². The highest BCUT2D eigenvalue weighted by Crippen LogP contribution is 2.37. The Balaban J connectivity index is 0.000000135. The number of hydrogen-bond acceptors (Lipinski definition) is 14. The summed E-state index contributed by atoms with van der Waals surface area (Å²) in [5.41, 5.74) is 2.70. The van der Waals surface area contributed by atoms with E-state index in [2.05, 4.69) is 28.1 Å². The fourth-order valence-electron chi connectivity index (χ4n) is 7.87. The third kappa shape index (κ3) is 8.04. The van der Waals surface area contributed by atoms with Gasteiger partial charge in [-0.3, -0.25) is 9.68 Å². The molecule has 9 heterocycles. The van der Waals surface area contributed by atoms with Gasteiger partial charge >= 0.3 is 18.1 Å². The van der Waals surface area contributed by atoms with Crippen LogP contribution in [-0.4, -0.2) is 178 Å². The van der Waals surface area contributed by atoms with Crippen LogP contribution in [-0.2, 0) is 19.1 Å². The number of fused-ring (bicyclic) bond motifs is 6. The molecule has 3 aromatic rings. The second kappa shape index (κ2) is 18.2. The minimum atomic E-state index is -0.379. The number of hydroxylamine groups is 4. The first-order valence-electron chi connectivity index (χ1n) is 18.9. The molecule has 6 aliphatic heterocycles. The lowest BCUT2D eigenvalue weighted by molar-refractivity contribution is -0.106. The van der Waals surface area contributed by atoms with Gasteiger partial charge in [-0.05, 0) is 0 Å². The minimum Gasteiger partial charge on any atom is -0.444 e. The first-order chi connectivity index (χ1) is 28.7. The van der Waals surface area contributed by atoms with Gasteiger partial charge in [-0.25, -0.2) is 29.3 Å². The molecule has 314 valence electrons. The Morgan fingerprint density at radius 1 is 0.661 bits per heavy atom. The van der Waals surface area contributed by atoms with Crippen molar-refractivity contribution >= 4 is 34.8 Å². The predicted molar refractivity (Wildman–Crippen MR) is 207 cm³/mol. The standard InChI is InChI=1S/C14H17N3O4.C13H15N3O4.C12H15N3O3/c1-3-4-21-17-12-7-16(14(17)18)10(8-19-2)5-11(12)13-6-15-9-20-13;1-2-3-20-16-11-6-15(13(16)18)9(7-17)4-10(11)12-5-14-8-19-12;1-14-10-5-15(12(14)16)8(6-17-2)3-9(10)11-4-13-7-18-11/h3,5-6,9-10,12H,1,4,7-8H2,2H3;2,4-5,8-9,11,17H,1,3,6-7H2;3-4,7-8,10H,5-6H2,1-2H3/t10-,12?;9-,11?;8-,10?/m000/s1.